The maximum Gasteiger partial charge on any atom is 0.214 e. The number of aryl methyl sites for hydroxylation is 1. The van der Waals surface area contributed by atoms with Crippen LogP contribution in [0.25, 0.3) is 0 Å². The van der Waals surface area contributed by atoms with Crippen LogP contribution < -0.4 is 5.43 Å². The first-order chi connectivity index (χ1) is 7.70. The molecule has 16 heavy (non-hydrogen) atoms. The van der Waals surface area contributed by atoms with Gasteiger partial charge in [0.2, 0.25) is 4.77 Å². The first-order valence-electron chi connectivity index (χ1n) is 5.83. The van der Waals surface area contributed by atoms with Crippen molar-refractivity contribution in [2.24, 2.45) is 5.92 Å². The molecule has 0 aliphatic heterocycles. The lowest BCUT2D eigenvalue weighted by atomic mass is 9.95. The molecular weight excluding hydrogens is 220 g/mol. The van der Waals surface area contributed by atoms with E-state index in [0.29, 0.717) is 4.77 Å². The van der Waals surface area contributed by atoms with Gasteiger partial charge in [0, 0.05) is 12.1 Å². The highest BCUT2D eigenvalue weighted by Gasteiger charge is 2.11. The first-order valence-corrected chi connectivity index (χ1v) is 6.24. The molecule has 1 aliphatic carbocycles. The molecule has 4 nitrogen and oxygen atoms in total. The van der Waals surface area contributed by atoms with Crippen molar-refractivity contribution in [1.82, 2.24) is 14.9 Å². The van der Waals surface area contributed by atoms with E-state index in [1.165, 1.54) is 12.1 Å². The van der Waals surface area contributed by atoms with Gasteiger partial charge in [-0.25, -0.2) is 4.68 Å². The van der Waals surface area contributed by atoms with E-state index >= 15 is 0 Å². The molecule has 1 atom stereocenters. The molecule has 0 saturated carbocycles. The molecule has 1 aromatic heterocycles. The predicted molar refractivity (Wildman–Crippen MR) is 67.2 cm³/mol. The topological polar surface area (TPSA) is 45.6 Å². The third-order valence-corrected chi connectivity index (χ3v) is 3.26. The Morgan fingerprint density at radius 3 is 3.12 bits per heavy atom. The quantitative estimate of drug-likeness (QED) is 0.796. The fraction of sp³-hybridized carbons (Fsp3) is 0.636. The summed E-state index contributed by atoms with van der Waals surface area (Å²) in [7, 11) is 0. The van der Waals surface area contributed by atoms with Crippen molar-refractivity contribution in [1.29, 1.82) is 0 Å². The molecule has 5 heteroatoms. The summed E-state index contributed by atoms with van der Waals surface area (Å²) >= 11 is 5.19. The van der Waals surface area contributed by atoms with Gasteiger partial charge in [0.1, 0.15) is 0 Å². The van der Waals surface area contributed by atoms with E-state index in [4.69, 9.17) is 12.2 Å². The van der Waals surface area contributed by atoms with Crippen LogP contribution in [-0.4, -0.2) is 14.9 Å². The summed E-state index contributed by atoms with van der Waals surface area (Å²) < 4.78 is 2.51. The van der Waals surface area contributed by atoms with Crippen LogP contribution in [-0.2, 0) is 6.42 Å². The van der Waals surface area contributed by atoms with Crippen molar-refractivity contribution in [2.45, 2.75) is 39.5 Å². The number of aromatic nitrogens is 3. The van der Waals surface area contributed by atoms with Gasteiger partial charge in [-0.3, -0.25) is 10.5 Å². The number of hydrogen-bond acceptors (Lipinski definition) is 3. The van der Waals surface area contributed by atoms with Crippen LogP contribution >= 0.6 is 12.2 Å². The SMILES string of the molecule is CCc1n[nH]c(=S)n1NC1=CCC(C)CC1. The van der Waals surface area contributed by atoms with Crippen molar-refractivity contribution in [2.75, 3.05) is 5.43 Å². The van der Waals surface area contributed by atoms with Crippen LogP contribution in [0.3, 0.4) is 0 Å². The van der Waals surface area contributed by atoms with Gasteiger partial charge in [0.05, 0.1) is 0 Å². The van der Waals surface area contributed by atoms with Crippen LogP contribution in [0.2, 0.25) is 0 Å². The minimum atomic E-state index is 0.636. The second-order valence-corrected chi connectivity index (χ2v) is 4.74. The molecule has 0 bridgehead atoms. The molecule has 2 rings (SSSR count). The largest absolute Gasteiger partial charge is 0.295 e. The number of rotatable bonds is 3. The van der Waals surface area contributed by atoms with Crippen molar-refractivity contribution in [3.63, 3.8) is 0 Å². The van der Waals surface area contributed by atoms with Crippen LogP contribution in [0.4, 0.5) is 0 Å². The summed E-state index contributed by atoms with van der Waals surface area (Å²) in [5.74, 6) is 1.75. The Labute approximate surface area is 101 Å². The van der Waals surface area contributed by atoms with Crippen LogP contribution in [0.15, 0.2) is 11.8 Å². The number of nitrogens with zero attached hydrogens (tertiary/aromatic N) is 2. The number of aromatic amines is 1. The van der Waals surface area contributed by atoms with Gasteiger partial charge in [-0.15, -0.1) is 0 Å². The van der Waals surface area contributed by atoms with Crippen LogP contribution in [0.5, 0.6) is 0 Å². The molecule has 2 N–H and O–H groups in total. The van der Waals surface area contributed by atoms with Crippen molar-refractivity contribution in [3.8, 4) is 0 Å². The average molecular weight is 238 g/mol. The second-order valence-electron chi connectivity index (χ2n) is 4.35. The predicted octanol–water partition coefficient (Wildman–Crippen LogP) is 2.75. The first kappa shape index (κ1) is 11.4. The fourth-order valence-electron chi connectivity index (χ4n) is 1.89. The van der Waals surface area contributed by atoms with E-state index in [9.17, 15) is 0 Å². The monoisotopic (exact) mass is 238 g/mol. The highest BCUT2D eigenvalue weighted by molar-refractivity contribution is 7.71. The summed E-state index contributed by atoms with van der Waals surface area (Å²) in [6.07, 6.45) is 6.61. The number of H-pyrrole nitrogens is 1. The molecule has 1 aliphatic rings. The van der Waals surface area contributed by atoms with Gasteiger partial charge in [0.15, 0.2) is 5.82 Å². The molecule has 0 saturated heterocycles. The molecule has 1 unspecified atom stereocenters. The minimum absolute atomic E-state index is 0.636. The second kappa shape index (κ2) is 4.82. The smallest absolute Gasteiger partial charge is 0.214 e. The maximum atomic E-state index is 5.19. The Kier molecular flexibility index (Phi) is 3.43. The van der Waals surface area contributed by atoms with Gasteiger partial charge >= 0.3 is 0 Å². The van der Waals surface area contributed by atoms with Crippen LogP contribution in [0, 0.1) is 10.7 Å². The van der Waals surface area contributed by atoms with Gasteiger partial charge in [-0.2, -0.15) is 5.10 Å². The van der Waals surface area contributed by atoms with E-state index in [1.54, 1.807) is 0 Å². The fourth-order valence-corrected chi connectivity index (χ4v) is 2.09. The van der Waals surface area contributed by atoms with Gasteiger partial charge in [-0.05, 0) is 37.4 Å². The van der Waals surface area contributed by atoms with Crippen molar-refractivity contribution >= 4 is 12.2 Å². The molecule has 1 aromatic rings. The zero-order valence-corrected chi connectivity index (χ0v) is 10.6. The molecule has 0 fully saturated rings. The lowest BCUT2D eigenvalue weighted by molar-refractivity contribution is 0.509. The highest BCUT2D eigenvalue weighted by Crippen LogP contribution is 2.21. The van der Waals surface area contributed by atoms with E-state index in [-0.39, 0.29) is 0 Å². The van der Waals surface area contributed by atoms with E-state index < -0.39 is 0 Å². The third kappa shape index (κ3) is 2.35. The Hall–Kier alpha value is -1.10. The van der Waals surface area contributed by atoms with Gasteiger partial charge in [-0.1, -0.05) is 19.9 Å². The molecule has 1 heterocycles. The third-order valence-electron chi connectivity index (χ3n) is 2.99. The van der Waals surface area contributed by atoms with Crippen LogP contribution in [0.1, 0.15) is 38.9 Å². The Bertz CT molecular complexity index is 443. The molecule has 88 valence electrons. The summed E-state index contributed by atoms with van der Waals surface area (Å²) in [6, 6.07) is 0. The van der Waals surface area contributed by atoms with Crippen molar-refractivity contribution in [3.05, 3.63) is 22.4 Å². The van der Waals surface area contributed by atoms with E-state index in [2.05, 4.69) is 35.5 Å². The van der Waals surface area contributed by atoms with Gasteiger partial charge < -0.3 is 0 Å². The number of nitrogens with one attached hydrogen (secondary N) is 2. The molecule has 0 spiro atoms. The summed E-state index contributed by atoms with van der Waals surface area (Å²) in [4.78, 5) is 0. The summed E-state index contributed by atoms with van der Waals surface area (Å²) in [6.45, 7) is 4.36. The number of allylic oxidation sites excluding steroid dienone is 2. The average Bonchev–Trinajstić information content (AvgIpc) is 2.63. The lowest BCUT2D eigenvalue weighted by Gasteiger charge is -2.20. The Morgan fingerprint density at radius 1 is 1.69 bits per heavy atom. The minimum Gasteiger partial charge on any atom is -0.295 e. The summed E-state index contributed by atoms with van der Waals surface area (Å²) in [5.41, 5.74) is 4.60. The molecule has 0 amide bonds. The van der Waals surface area contributed by atoms with E-state index in [1.807, 2.05) is 4.68 Å². The standard InChI is InChI=1S/C11H18N4S/c1-3-10-12-13-11(16)15(10)14-9-6-4-8(2)5-7-9/h6,8,14H,3-5,7H2,1-2H3,(H,13,16). The maximum absolute atomic E-state index is 5.19. The van der Waals surface area contributed by atoms with Crippen molar-refractivity contribution < 1.29 is 0 Å². The molecular formula is C11H18N4S. The Morgan fingerprint density at radius 2 is 2.50 bits per heavy atom. The molecule has 0 aromatic carbocycles. The van der Waals surface area contributed by atoms with E-state index in [0.717, 1.165) is 31.0 Å². The summed E-state index contributed by atoms with van der Waals surface area (Å²) in [5, 5.41) is 6.98. The molecule has 0 radical (unpaired) electrons. The zero-order valence-electron chi connectivity index (χ0n) is 9.79. The van der Waals surface area contributed by atoms with Gasteiger partial charge in [0.25, 0.3) is 0 Å². The Balaban J connectivity index is 2.15. The highest BCUT2D eigenvalue weighted by atomic mass is 32.1. The number of hydrogen-bond donors (Lipinski definition) is 2. The lowest BCUT2D eigenvalue weighted by Crippen LogP contribution is -2.19. The zero-order chi connectivity index (χ0) is 11.5. The normalized spacial score (nSPS) is 20.6.